The minimum atomic E-state index is -1.14. The third-order valence-corrected chi connectivity index (χ3v) is 2.82. The summed E-state index contributed by atoms with van der Waals surface area (Å²) in [6, 6.07) is 6.07. The van der Waals surface area contributed by atoms with Crippen molar-refractivity contribution in [2.75, 3.05) is 5.32 Å². The zero-order valence-electron chi connectivity index (χ0n) is 8.86. The highest BCUT2D eigenvalue weighted by Gasteiger charge is 2.14. The van der Waals surface area contributed by atoms with Crippen molar-refractivity contribution in [1.29, 1.82) is 0 Å². The fraction of sp³-hybridized carbons (Fsp3) is 0. The van der Waals surface area contributed by atoms with E-state index in [0.29, 0.717) is 5.13 Å². The second-order valence-electron chi connectivity index (χ2n) is 3.24. The van der Waals surface area contributed by atoms with Gasteiger partial charge in [-0.05, 0) is 6.07 Å². The third kappa shape index (κ3) is 2.43. The van der Waals surface area contributed by atoms with E-state index in [0.717, 1.165) is 11.3 Å². The Morgan fingerprint density at radius 3 is 2.78 bits per heavy atom. The van der Waals surface area contributed by atoms with Gasteiger partial charge in [0.1, 0.15) is 5.69 Å². The quantitative estimate of drug-likeness (QED) is 0.649. The molecule has 1 aromatic heterocycles. The van der Waals surface area contributed by atoms with Crippen molar-refractivity contribution in [2.45, 2.75) is 0 Å². The van der Waals surface area contributed by atoms with Crippen LogP contribution < -0.4 is 5.32 Å². The highest BCUT2D eigenvalue weighted by atomic mass is 32.1. The topological polar surface area (TPSA) is 105 Å². The van der Waals surface area contributed by atoms with Crippen molar-refractivity contribution in [3.63, 3.8) is 0 Å². The fourth-order valence-corrected chi connectivity index (χ4v) is 1.98. The molecule has 1 aromatic carbocycles. The molecular weight excluding hydrogens is 258 g/mol. The lowest BCUT2D eigenvalue weighted by Gasteiger charge is -2.02. The molecular formula is C10H7N3O4S. The van der Waals surface area contributed by atoms with E-state index < -0.39 is 10.9 Å². The zero-order chi connectivity index (χ0) is 13.1. The van der Waals surface area contributed by atoms with Gasteiger partial charge in [0.15, 0.2) is 10.8 Å². The van der Waals surface area contributed by atoms with E-state index in [9.17, 15) is 14.9 Å². The van der Waals surface area contributed by atoms with Crippen LogP contribution in [0.1, 0.15) is 10.5 Å². The lowest BCUT2D eigenvalue weighted by molar-refractivity contribution is -0.383. The predicted octanol–water partition coefficient (Wildman–Crippen LogP) is 2.49. The molecule has 0 fully saturated rings. The van der Waals surface area contributed by atoms with E-state index in [1.807, 2.05) is 0 Å². The Labute approximate surface area is 105 Å². The first-order valence-electron chi connectivity index (χ1n) is 4.77. The smallest absolute Gasteiger partial charge is 0.355 e. The van der Waals surface area contributed by atoms with Crippen LogP contribution in [0.25, 0.3) is 0 Å². The van der Waals surface area contributed by atoms with E-state index in [-0.39, 0.29) is 17.1 Å². The molecule has 2 aromatic rings. The number of nitro groups is 1. The molecule has 0 aliphatic rings. The van der Waals surface area contributed by atoms with Crippen LogP contribution in [0, 0.1) is 10.1 Å². The number of thiazole rings is 1. The first-order valence-corrected chi connectivity index (χ1v) is 5.65. The first kappa shape index (κ1) is 12.0. The van der Waals surface area contributed by atoms with Crippen LogP contribution in [-0.2, 0) is 0 Å². The lowest BCUT2D eigenvalue weighted by atomic mass is 10.3. The Bertz CT molecular complexity index is 611. The van der Waals surface area contributed by atoms with Crippen LogP contribution in [0.2, 0.25) is 0 Å². The second-order valence-corrected chi connectivity index (χ2v) is 4.10. The number of carboxylic acid groups (broad SMARTS) is 1. The molecule has 0 aliphatic carbocycles. The molecule has 7 nitrogen and oxygen atoms in total. The molecule has 8 heteroatoms. The third-order valence-electron chi connectivity index (χ3n) is 2.07. The Morgan fingerprint density at radius 1 is 1.44 bits per heavy atom. The SMILES string of the molecule is O=C(O)c1csc(Nc2ccccc2[N+](=O)[O-])n1. The van der Waals surface area contributed by atoms with E-state index in [4.69, 9.17) is 5.11 Å². The van der Waals surface area contributed by atoms with Crippen molar-refractivity contribution in [2.24, 2.45) is 0 Å². The minimum absolute atomic E-state index is 0.0930. The van der Waals surface area contributed by atoms with Gasteiger partial charge in [0, 0.05) is 11.4 Å². The lowest BCUT2D eigenvalue weighted by Crippen LogP contribution is -1.99. The van der Waals surface area contributed by atoms with Crippen LogP contribution in [0.4, 0.5) is 16.5 Å². The number of hydrogen-bond acceptors (Lipinski definition) is 6. The number of nitro benzene ring substituents is 1. The molecule has 0 spiro atoms. The average molecular weight is 265 g/mol. The molecule has 0 bridgehead atoms. The monoisotopic (exact) mass is 265 g/mol. The first-order chi connectivity index (χ1) is 8.58. The number of nitrogens with zero attached hydrogens (tertiary/aromatic N) is 2. The van der Waals surface area contributed by atoms with Crippen LogP contribution in [0.5, 0.6) is 0 Å². The van der Waals surface area contributed by atoms with Gasteiger partial charge < -0.3 is 10.4 Å². The fourth-order valence-electron chi connectivity index (χ4n) is 1.28. The van der Waals surface area contributed by atoms with E-state index in [1.54, 1.807) is 12.1 Å². The van der Waals surface area contributed by atoms with Crippen LogP contribution in [-0.4, -0.2) is 21.0 Å². The number of hydrogen-bond donors (Lipinski definition) is 2. The van der Waals surface area contributed by atoms with Crippen molar-refractivity contribution < 1.29 is 14.8 Å². The summed E-state index contributed by atoms with van der Waals surface area (Å²) in [5.41, 5.74) is 0.0828. The average Bonchev–Trinajstić information content (AvgIpc) is 2.78. The molecule has 18 heavy (non-hydrogen) atoms. The molecule has 0 radical (unpaired) electrons. The highest BCUT2D eigenvalue weighted by molar-refractivity contribution is 7.14. The number of carbonyl (C=O) groups is 1. The Kier molecular flexibility index (Phi) is 3.20. The maximum Gasteiger partial charge on any atom is 0.355 e. The molecule has 0 aliphatic heterocycles. The van der Waals surface area contributed by atoms with E-state index in [2.05, 4.69) is 10.3 Å². The number of para-hydroxylation sites is 2. The maximum atomic E-state index is 10.8. The van der Waals surface area contributed by atoms with Crippen LogP contribution >= 0.6 is 11.3 Å². The molecule has 0 saturated heterocycles. The van der Waals surface area contributed by atoms with Gasteiger partial charge in [0.2, 0.25) is 0 Å². The molecule has 0 atom stereocenters. The van der Waals surface area contributed by atoms with Gasteiger partial charge in [-0.1, -0.05) is 12.1 Å². The molecule has 0 saturated carbocycles. The number of nitrogens with one attached hydrogen (secondary N) is 1. The van der Waals surface area contributed by atoms with E-state index in [1.165, 1.54) is 17.5 Å². The molecule has 2 rings (SSSR count). The summed E-state index contributed by atoms with van der Waals surface area (Å²) in [6.45, 7) is 0. The van der Waals surface area contributed by atoms with Gasteiger partial charge in [-0.2, -0.15) is 0 Å². The van der Waals surface area contributed by atoms with Crippen LogP contribution in [0.3, 0.4) is 0 Å². The summed E-state index contributed by atoms with van der Waals surface area (Å²) >= 11 is 1.07. The number of anilines is 2. The maximum absolute atomic E-state index is 10.8. The van der Waals surface area contributed by atoms with Crippen molar-refractivity contribution in [1.82, 2.24) is 4.98 Å². The molecule has 0 unspecified atom stereocenters. The number of rotatable bonds is 4. The summed E-state index contributed by atoms with van der Waals surface area (Å²) < 4.78 is 0. The van der Waals surface area contributed by atoms with Gasteiger partial charge in [0.25, 0.3) is 5.69 Å². The van der Waals surface area contributed by atoms with Crippen LogP contribution in [0.15, 0.2) is 29.6 Å². The number of carboxylic acids is 1. The summed E-state index contributed by atoms with van der Waals surface area (Å²) in [7, 11) is 0. The van der Waals surface area contributed by atoms with E-state index >= 15 is 0 Å². The second kappa shape index (κ2) is 4.80. The summed E-state index contributed by atoms with van der Waals surface area (Å²) in [6.07, 6.45) is 0. The standard InChI is InChI=1S/C10H7N3O4S/c14-9(15)7-5-18-10(12-7)11-6-3-1-2-4-8(6)13(16)17/h1-5H,(H,11,12)(H,14,15). The Balaban J connectivity index is 2.28. The predicted molar refractivity (Wildman–Crippen MR) is 65.5 cm³/mol. The Hall–Kier alpha value is -2.48. The summed E-state index contributed by atoms with van der Waals surface area (Å²) in [5.74, 6) is -1.14. The molecule has 1 heterocycles. The number of benzene rings is 1. The van der Waals surface area contributed by atoms with Crippen molar-refractivity contribution in [3.05, 3.63) is 45.5 Å². The zero-order valence-corrected chi connectivity index (χ0v) is 9.68. The van der Waals surface area contributed by atoms with Crippen molar-refractivity contribution in [3.8, 4) is 0 Å². The van der Waals surface area contributed by atoms with Crippen molar-refractivity contribution >= 4 is 33.8 Å². The van der Waals surface area contributed by atoms with Gasteiger partial charge in [-0.25, -0.2) is 9.78 Å². The number of aromatic carboxylic acids is 1. The molecule has 92 valence electrons. The molecule has 0 amide bonds. The van der Waals surface area contributed by atoms with Gasteiger partial charge in [0.05, 0.1) is 4.92 Å². The van der Waals surface area contributed by atoms with Gasteiger partial charge >= 0.3 is 5.97 Å². The van der Waals surface area contributed by atoms with Gasteiger partial charge in [-0.15, -0.1) is 11.3 Å². The Morgan fingerprint density at radius 2 is 2.17 bits per heavy atom. The van der Waals surface area contributed by atoms with Gasteiger partial charge in [-0.3, -0.25) is 10.1 Å². The summed E-state index contributed by atoms with van der Waals surface area (Å²) in [4.78, 5) is 24.7. The molecule has 2 N–H and O–H groups in total. The minimum Gasteiger partial charge on any atom is -0.476 e. The summed E-state index contributed by atoms with van der Waals surface area (Å²) in [5, 5.41) is 23.9. The largest absolute Gasteiger partial charge is 0.476 e. The number of aromatic nitrogens is 1. The normalized spacial score (nSPS) is 10.0. The highest BCUT2D eigenvalue weighted by Crippen LogP contribution is 2.28.